The average Bonchev–Trinajstić information content (AvgIpc) is 3.08. The summed E-state index contributed by atoms with van der Waals surface area (Å²) >= 11 is 0. The summed E-state index contributed by atoms with van der Waals surface area (Å²) in [4.78, 5) is 14.3. The van der Waals surface area contributed by atoms with Crippen molar-refractivity contribution >= 4 is 11.4 Å². The molecule has 186 valence electrons. The van der Waals surface area contributed by atoms with Crippen molar-refractivity contribution in [3.8, 4) is 11.4 Å². The van der Waals surface area contributed by atoms with Crippen molar-refractivity contribution < 1.29 is 18.3 Å². The highest BCUT2D eigenvalue weighted by Crippen LogP contribution is 2.40. The molecule has 0 bridgehead atoms. The molecular formula is C25H28F3N5O2. The zero-order valence-electron chi connectivity index (χ0n) is 19.9. The molecule has 0 radical (unpaired) electrons. The van der Waals surface area contributed by atoms with Gasteiger partial charge in [0.2, 0.25) is 0 Å². The molecule has 0 aliphatic carbocycles. The van der Waals surface area contributed by atoms with Gasteiger partial charge in [0.25, 0.3) is 5.56 Å². The Morgan fingerprint density at radius 1 is 1.06 bits per heavy atom. The molecule has 2 heterocycles. The van der Waals surface area contributed by atoms with E-state index in [1.807, 2.05) is 32.0 Å². The number of nitrogens with one attached hydrogen (secondary N) is 1. The van der Waals surface area contributed by atoms with Crippen LogP contribution in [0.4, 0.5) is 24.5 Å². The fraction of sp³-hybridized carbons (Fsp3) is 0.400. The molecule has 1 aliphatic rings. The maximum absolute atomic E-state index is 13.0. The van der Waals surface area contributed by atoms with Crippen molar-refractivity contribution in [2.75, 3.05) is 19.6 Å². The van der Waals surface area contributed by atoms with Gasteiger partial charge in [0.05, 0.1) is 17.9 Å². The van der Waals surface area contributed by atoms with Gasteiger partial charge in [0.15, 0.2) is 5.69 Å². The number of hydrogen-bond donors (Lipinski definition) is 2. The molecule has 1 aromatic heterocycles. The summed E-state index contributed by atoms with van der Waals surface area (Å²) in [6.07, 6.45) is -3.22. The smallest absolute Gasteiger partial charge is 0.401 e. The van der Waals surface area contributed by atoms with Gasteiger partial charge in [0.1, 0.15) is 11.4 Å². The lowest BCUT2D eigenvalue weighted by atomic mass is 9.88. The van der Waals surface area contributed by atoms with E-state index < -0.39 is 12.7 Å². The van der Waals surface area contributed by atoms with Gasteiger partial charge in [-0.05, 0) is 87.5 Å². The Labute approximate surface area is 200 Å². The topological polar surface area (TPSA) is 86.0 Å². The second-order valence-electron chi connectivity index (χ2n) is 9.08. The Balaban J connectivity index is 1.54. The number of nitrogens with zero attached hydrogens (tertiary/aromatic N) is 4. The van der Waals surface area contributed by atoms with Crippen LogP contribution in [0.25, 0.3) is 5.69 Å². The maximum Gasteiger partial charge on any atom is 0.401 e. The van der Waals surface area contributed by atoms with Crippen LogP contribution in [-0.4, -0.2) is 45.6 Å². The molecular weight excluding hydrogens is 459 g/mol. The Hall–Kier alpha value is -3.40. The van der Waals surface area contributed by atoms with Crippen LogP contribution in [0.1, 0.15) is 41.1 Å². The number of aryl methyl sites for hydroxylation is 3. The number of halogens is 3. The Kier molecular flexibility index (Phi) is 6.84. The number of H-pyrrole nitrogens is 1. The van der Waals surface area contributed by atoms with Gasteiger partial charge in [-0.15, -0.1) is 10.2 Å². The molecule has 1 saturated heterocycles. The molecule has 10 heteroatoms. The molecule has 2 N–H and O–H groups in total. The number of aromatic hydroxyl groups is 1. The predicted octanol–water partition coefficient (Wildman–Crippen LogP) is 5.95. The number of benzene rings is 2. The third-order valence-corrected chi connectivity index (χ3v) is 6.52. The SMILES string of the molecule is Cc1ccc(-n2[nH]c(C)c(N=Nc3cccc(C4CCN(CC(F)(F)F)CC4)c3O)c2=O)cc1C. The van der Waals surface area contributed by atoms with E-state index >= 15 is 0 Å². The average molecular weight is 488 g/mol. The maximum atomic E-state index is 13.0. The van der Waals surface area contributed by atoms with E-state index in [1.54, 1.807) is 25.1 Å². The Morgan fingerprint density at radius 3 is 2.43 bits per heavy atom. The number of azo groups is 1. The summed E-state index contributed by atoms with van der Waals surface area (Å²) in [5.41, 5.74) is 4.00. The third-order valence-electron chi connectivity index (χ3n) is 6.52. The van der Waals surface area contributed by atoms with E-state index in [0.717, 1.165) is 11.1 Å². The van der Waals surface area contributed by atoms with Gasteiger partial charge in [-0.25, -0.2) is 4.68 Å². The number of para-hydroxylation sites is 1. The van der Waals surface area contributed by atoms with Crippen molar-refractivity contribution in [1.29, 1.82) is 0 Å². The molecule has 4 rings (SSSR count). The molecule has 0 spiro atoms. The van der Waals surface area contributed by atoms with Crippen LogP contribution in [0.3, 0.4) is 0 Å². The first-order chi connectivity index (χ1) is 16.5. The van der Waals surface area contributed by atoms with E-state index in [1.165, 1.54) is 9.58 Å². The van der Waals surface area contributed by atoms with Crippen molar-refractivity contribution in [3.63, 3.8) is 0 Å². The van der Waals surface area contributed by atoms with E-state index in [2.05, 4.69) is 15.3 Å². The van der Waals surface area contributed by atoms with Gasteiger partial charge in [-0.2, -0.15) is 13.2 Å². The molecule has 0 saturated carbocycles. The molecule has 1 aliphatic heterocycles. The fourth-order valence-corrected chi connectivity index (χ4v) is 4.42. The van der Waals surface area contributed by atoms with Crippen LogP contribution in [0.5, 0.6) is 5.75 Å². The number of likely N-dealkylation sites (tertiary alicyclic amines) is 1. The van der Waals surface area contributed by atoms with Crippen molar-refractivity contribution in [2.45, 2.75) is 45.7 Å². The van der Waals surface area contributed by atoms with Crippen molar-refractivity contribution in [3.05, 3.63) is 69.1 Å². The summed E-state index contributed by atoms with van der Waals surface area (Å²) in [7, 11) is 0. The summed E-state index contributed by atoms with van der Waals surface area (Å²) < 4.78 is 39.4. The number of aromatic nitrogens is 2. The molecule has 0 amide bonds. The minimum Gasteiger partial charge on any atom is -0.505 e. The zero-order chi connectivity index (χ0) is 25.3. The molecule has 35 heavy (non-hydrogen) atoms. The van der Waals surface area contributed by atoms with E-state index in [9.17, 15) is 23.1 Å². The van der Waals surface area contributed by atoms with Gasteiger partial charge < -0.3 is 5.11 Å². The van der Waals surface area contributed by atoms with Crippen LogP contribution in [0.2, 0.25) is 0 Å². The van der Waals surface area contributed by atoms with E-state index in [-0.39, 0.29) is 28.6 Å². The number of piperidine rings is 1. The van der Waals surface area contributed by atoms with Crippen LogP contribution < -0.4 is 5.56 Å². The standard InChI is InChI=1S/C25H28F3N5O2/c1-15-7-8-19(13-16(15)2)33-24(35)22(17(3)31-33)30-29-21-6-4-5-20(23(21)34)18-9-11-32(12-10-18)14-25(26,27)28/h4-8,13,18,31,34H,9-12,14H2,1-3H3. The van der Waals surface area contributed by atoms with E-state index in [0.29, 0.717) is 42.9 Å². The zero-order valence-corrected chi connectivity index (χ0v) is 19.9. The molecule has 0 unspecified atom stereocenters. The molecule has 1 fully saturated rings. The first-order valence-electron chi connectivity index (χ1n) is 11.5. The van der Waals surface area contributed by atoms with Crippen LogP contribution in [0.15, 0.2) is 51.4 Å². The van der Waals surface area contributed by atoms with Gasteiger partial charge in [0, 0.05) is 0 Å². The molecule has 3 aromatic rings. The van der Waals surface area contributed by atoms with Crippen molar-refractivity contribution in [2.24, 2.45) is 10.2 Å². The first kappa shape index (κ1) is 24.7. The summed E-state index contributed by atoms with van der Waals surface area (Å²) in [5, 5.41) is 22.1. The Bertz CT molecular complexity index is 1300. The Morgan fingerprint density at radius 2 is 1.77 bits per heavy atom. The highest BCUT2D eigenvalue weighted by atomic mass is 19.4. The van der Waals surface area contributed by atoms with Crippen molar-refractivity contribution in [1.82, 2.24) is 14.7 Å². The number of aromatic amines is 1. The number of alkyl halides is 3. The second-order valence-corrected chi connectivity index (χ2v) is 9.08. The molecule has 2 aromatic carbocycles. The van der Waals surface area contributed by atoms with Gasteiger partial charge >= 0.3 is 6.18 Å². The molecule has 0 atom stereocenters. The number of phenolic OH excluding ortho intramolecular Hbond substituents is 1. The number of hydrogen-bond acceptors (Lipinski definition) is 5. The number of rotatable bonds is 5. The highest BCUT2D eigenvalue weighted by molar-refractivity contribution is 5.56. The van der Waals surface area contributed by atoms with Crippen LogP contribution in [0, 0.1) is 20.8 Å². The quantitative estimate of drug-likeness (QED) is 0.436. The minimum absolute atomic E-state index is 0.0619. The lowest BCUT2D eigenvalue weighted by molar-refractivity contribution is -0.147. The van der Waals surface area contributed by atoms with E-state index in [4.69, 9.17) is 0 Å². The lowest BCUT2D eigenvalue weighted by Crippen LogP contribution is -2.39. The molecule has 7 nitrogen and oxygen atoms in total. The fourth-order valence-electron chi connectivity index (χ4n) is 4.42. The summed E-state index contributed by atoms with van der Waals surface area (Å²) in [5.74, 6) is -0.140. The van der Waals surface area contributed by atoms with Gasteiger partial charge in [-0.3, -0.25) is 14.8 Å². The third kappa shape index (κ3) is 5.48. The van der Waals surface area contributed by atoms with Gasteiger partial charge in [-0.1, -0.05) is 18.2 Å². The van der Waals surface area contributed by atoms with Crippen LogP contribution >= 0.6 is 0 Å². The first-order valence-corrected chi connectivity index (χ1v) is 11.5. The highest BCUT2D eigenvalue weighted by Gasteiger charge is 2.33. The normalized spacial score (nSPS) is 15.8. The lowest BCUT2D eigenvalue weighted by Gasteiger charge is -2.32. The number of phenols is 1. The largest absolute Gasteiger partial charge is 0.505 e. The van der Waals surface area contributed by atoms with Crippen LogP contribution in [-0.2, 0) is 0 Å². The summed E-state index contributed by atoms with van der Waals surface area (Å²) in [6.45, 7) is 5.37. The predicted molar refractivity (Wildman–Crippen MR) is 127 cm³/mol. The summed E-state index contributed by atoms with van der Waals surface area (Å²) in [6, 6.07) is 10.8. The second kappa shape index (κ2) is 9.69. The minimum atomic E-state index is -4.22. The monoisotopic (exact) mass is 487 g/mol.